The summed E-state index contributed by atoms with van der Waals surface area (Å²) in [7, 11) is 0. The summed E-state index contributed by atoms with van der Waals surface area (Å²) in [6.07, 6.45) is 1.67. The summed E-state index contributed by atoms with van der Waals surface area (Å²) in [5, 5.41) is 0. The number of nitrogens with two attached hydrogens (primary N) is 1. The van der Waals surface area contributed by atoms with Gasteiger partial charge in [0, 0.05) is 24.2 Å². The zero-order valence-corrected chi connectivity index (χ0v) is 8.25. The predicted molar refractivity (Wildman–Crippen MR) is 51.9 cm³/mol. The number of fused-ring (bicyclic) bond motifs is 1. The van der Waals surface area contributed by atoms with Crippen LogP contribution in [0.1, 0.15) is 28.6 Å². The second-order valence-electron chi connectivity index (χ2n) is 3.50. The molecule has 0 aromatic carbocycles. The molecule has 0 radical (unpaired) electrons. The monoisotopic (exact) mass is 194 g/mol. The van der Waals surface area contributed by atoms with E-state index >= 15 is 0 Å². The van der Waals surface area contributed by atoms with E-state index in [1.165, 1.54) is 0 Å². The summed E-state index contributed by atoms with van der Waals surface area (Å²) in [4.78, 5) is 13.6. The van der Waals surface area contributed by atoms with Crippen molar-refractivity contribution in [3.05, 3.63) is 23.2 Å². The lowest BCUT2D eigenvalue weighted by Gasteiger charge is -2.10. The number of nitrogens with zero attached hydrogens (tertiary/aromatic N) is 1. The summed E-state index contributed by atoms with van der Waals surface area (Å²) in [6, 6.07) is 0. The Balaban J connectivity index is 2.27. The first-order chi connectivity index (χ1) is 6.76. The Morgan fingerprint density at radius 3 is 3.07 bits per heavy atom. The van der Waals surface area contributed by atoms with Gasteiger partial charge in [-0.2, -0.15) is 0 Å². The maximum atomic E-state index is 11.4. The van der Waals surface area contributed by atoms with Crippen LogP contribution in [0.4, 0.5) is 0 Å². The van der Waals surface area contributed by atoms with Gasteiger partial charge in [0.1, 0.15) is 0 Å². The lowest BCUT2D eigenvalue weighted by molar-refractivity contribution is 0.0972. The second kappa shape index (κ2) is 3.55. The highest BCUT2D eigenvalue weighted by atomic mass is 16.3. The van der Waals surface area contributed by atoms with Crippen LogP contribution < -0.4 is 5.73 Å². The smallest absolute Gasteiger partial charge is 0.211 e. The molecule has 1 aliphatic rings. The zero-order valence-electron chi connectivity index (χ0n) is 8.25. The molecule has 2 N–H and O–H groups in total. The fourth-order valence-corrected chi connectivity index (χ4v) is 1.79. The topological polar surface area (TPSA) is 59.5 Å². The van der Waals surface area contributed by atoms with Gasteiger partial charge in [-0.05, 0) is 6.54 Å². The van der Waals surface area contributed by atoms with Gasteiger partial charge in [-0.25, -0.2) is 0 Å². The summed E-state index contributed by atoms with van der Waals surface area (Å²) < 4.78 is 5.23. The van der Waals surface area contributed by atoms with Crippen molar-refractivity contribution in [2.75, 3.05) is 13.1 Å². The zero-order chi connectivity index (χ0) is 10.1. The Hall–Kier alpha value is -1.13. The lowest BCUT2D eigenvalue weighted by atomic mass is 10.1. The molecule has 76 valence electrons. The third-order valence-electron chi connectivity index (χ3n) is 2.64. The highest BCUT2D eigenvalue weighted by molar-refractivity contribution is 5.96. The normalized spacial score (nSPS) is 15.9. The van der Waals surface area contributed by atoms with E-state index in [1.54, 1.807) is 6.26 Å². The molecular formula is C10H14N2O2. The summed E-state index contributed by atoms with van der Waals surface area (Å²) in [6.45, 7) is 4.81. The van der Waals surface area contributed by atoms with E-state index in [1.807, 2.05) is 0 Å². The molecule has 0 saturated heterocycles. The van der Waals surface area contributed by atoms with Crippen LogP contribution >= 0.6 is 0 Å². The van der Waals surface area contributed by atoms with Gasteiger partial charge in [-0.3, -0.25) is 9.69 Å². The minimum absolute atomic E-state index is 0.0199. The Bertz CT molecular complexity index is 357. The van der Waals surface area contributed by atoms with Gasteiger partial charge >= 0.3 is 0 Å². The largest absolute Gasteiger partial charge is 0.460 e. The number of carbonyl (C=O) groups is 1. The van der Waals surface area contributed by atoms with Crippen LogP contribution in [0, 0.1) is 0 Å². The Morgan fingerprint density at radius 1 is 1.64 bits per heavy atom. The van der Waals surface area contributed by atoms with E-state index in [0.717, 1.165) is 30.8 Å². The fraction of sp³-hybridized carbons (Fsp3) is 0.500. The van der Waals surface area contributed by atoms with E-state index < -0.39 is 0 Å². The van der Waals surface area contributed by atoms with Crippen LogP contribution in [0.25, 0.3) is 0 Å². The molecule has 0 atom stereocenters. The molecule has 14 heavy (non-hydrogen) atoms. The molecule has 2 rings (SSSR count). The van der Waals surface area contributed by atoms with E-state index in [-0.39, 0.29) is 12.3 Å². The number of hydrogen-bond donors (Lipinski definition) is 1. The number of ketones is 1. The Labute approximate surface area is 82.7 Å². The standard InChI is InChI=1S/C10H14N2O2/c1-2-12-4-7-6-14-10(8(7)5-12)9(13)3-11/h6H,2-5,11H2,1H3. The molecule has 0 amide bonds. The predicted octanol–water partition coefficient (Wildman–Crippen LogP) is 0.757. The van der Waals surface area contributed by atoms with Crippen LogP contribution in [0.15, 0.2) is 10.7 Å². The van der Waals surface area contributed by atoms with Gasteiger partial charge in [-0.1, -0.05) is 6.92 Å². The fourth-order valence-electron chi connectivity index (χ4n) is 1.79. The summed E-state index contributed by atoms with van der Waals surface area (Å²) in [5.74, 6) is 0.350. The van der Waals surface area contributed by atoms with Crippen molar-refractivity contribution >= 4 is 5.78 Å². The van der Waals surface area contributed by atoms with Crippen LogP contribution in [0.3, 0.4) is 0 Å². The summed E-state index contributed by atoms with van der Waals surface area (Å²) >= 11 is 0. The summed E-state index contributed by atoms with van der Waals surface area (Å²) in [5.41, 5.74) is 7.46. The average Bonchev–Trinajstić information content (AvgIpc) is 2.74. The SMILES string of the molecule is CCN1Cc2coc(C(=O)CN)c2C1. The molecule has 1 aliphatic heterocycles. The van der Waals surface area contributed by atoms with Crippen molar-refractivity contribution in [2.45, 2.75) is 20.0 Å². The van der Waals surface area contributed by atoms with Crippen molar-refractivity contribution in [3.63, 3.8) is 0 Å². The first-order valence-corrected chi connectivity index (χ1v) is 4.81. The first-order valence-electron chi connectivity index (χ1n) is 4.81. The van der Waals surface area contributed by atoms with Gasteiger partial charge < -0.3 is 10.2 Å². The molecular weight excluding hydrogens is 180 g/mol. The number of rotatable bonds is 3. The van der Waals surface area contributed by atoms with Crippen molar-refractivity contribution < 1.29 is 9.21 Å². The van der Waals surface area contributed by atoms with Crippen molar-refractivity contribution in [2.24, 2.45) is 5.73 Å². The third-order valence-corrected chi connectivity index (χ3v) is 2.64. The van der Waals surface area contributed by atoms with Crippen LogP contribution in [0.5, 0.6) is 0 Å². The molecule has 2 heterocycles. The maximum absolute atomic E-state index is 11.4. The quantitative estimate of drug-likeness (QED) is 0.721. The van der Waals surface area contributed by atoms with Crippen LogP contribution in [-0.2, 0) is 13.1 Å². The minimum atomic E-state index is -0.107. The molecule has 0 bridgehead atoms. The van der Waals surface area contributed by atoms with E-state index in [2.05, 4.69) is 11.8 Å². The molecule has 0 unspecified atom stereocenters. The van der Waals surface area contributed by atoms with Gasteiger partial charge in [0.2, 0.25) is 5.78 Å². The highest BCUT2D eigenvalue weighted by Crippen LogP contribution is 2.27. The molecule has 4 heteroatoms. The van der Waals surface area contributed by atoms with Gasteiger partial charge in [0.25, 0.3) is 0 Å². The molecule has 0 spiro atoms. The number of carbonyl (C=O) groups excluding carboxylic acids is 1. The van der Waals surface area contributed by atoms with E-state index in [0.29, 0.717) is 5.76 Å². The van der Waals surface area contributed by atoms with Crippen LogP contribution in [0.2, 0.25) is 0 Å². The molecule has 1 aromatic rings. The Morgan fingerprint density at radius 2 is 2.43 bits per heavy atom. The Kier molecular flexibility index (Phi) is 2.39. The molecule has 1 aromatic heterocycles. The van der Waals surface area contributed by atoms with Gasteiger partial charge in [0.05, 0.1) is 12.8 Å². The minimum Gasteiger partial charge on any atom is -0.460 e. The molecule has 0 saturated carbocycles. The average molecular weight is 194 g/mol. The van der Waals surface area contributed by atoms with Gasteiger partial charge in [-0.15, -0.1) is 0 Å². The number of Topliss-reactive ketones (excluding diaryl/α,β-unsaturated/α-hetero) is 1. The maximum Gasteiger partial charge on any atom is 0.211 e. The van der Waals surface area contributed by atoms with Crippen LogP contribution in [-0.4, -0.2) is 23.8 Å². The second-order valence-corrected chi connectivity index (χ2v) is 3.50. The first kappa shape index (κ1) is 9.43. The molecule has 0 fully saturated rings. The van der Waals surface area contributed by atoms with E-state index in [9.17, 15) is 4.79 Å². The third kappa shape index (κ3) is 1.36. The van der Waals surface area contributed by atoms with Crippen molar-refractivity contribution in [3.8, 4) is 0 Å². The highest BCUT2D eigenvalue weighted by Gasteiger charge is 2.26. The number of furan rings is 1. The van der Waals surface area contributed by atoms with Crippen molar-refractivity contribution in [1.29, 1.82) is 0 Å². The molecule has 0 aliphatic carbocycles. The van der Waals surface area contributed by atoms with E-state index in [4.69, 9.17) is 10.2 Å². The lowest BCUT2D eigenvalue weighted by Crippen LogP contribution is -2.17. The molecule has 4 nitrogen and oxygen atoms in total. The van der Waals surface area contributed by atoms with Crippen molar-refractivity contribution in [1.82, 2.24) is 4.90 Å². The van der Waals surface area contributed by atoms with Gasteiger partial charge in [0.15, 0.2) is 5.76 Å². The number of hydrogen-bond acceptors (Lipinski definition) is 4.